The van der Waals surface area contributed by atoms with Gasteiger partial charge in [0.1, 0.15) is 49.0 Å². The SMILES string of the molecule is c1ccc2c(c1)-c1nc-2nc2[nH]c(nc3nc(nc4[nH]c(n1)c1ccccc41)-c1cc4c(cc1-3)OCCOCCOCCOCCO4)c1cc3c(cc21)OCCOCCOCCOCCO3. The maximum absolute atomic E-state index is 6.35. The number of nitrogens with zero attached hydrogens (tertiary/aromatic N) is 6. The van der Waals surface area contributed by atoms with Crippen molar-refractivity contribution in [1.82, 2.24) is 39.9 Å². The van der Waals surface area contributed by atoms with Gasteiger partial charge in [-0.15, -0.1) is 0 Å². The van der Waals surface area contributed by atoms with Gasteiger partial charge in [0.2, 0.25) is 0 Å². The Bertz CT molecular complexity index is 3070. The van der Waals surface area contributed by atoms with Crippen LogP contribution in [-0.4, -0.2) is 146 Å². The first kappa shape index (κ1) is 41.9. The summed E-state index contributed by atoms with van der Waals surface area (Å²) < 4.78 is 59.7. The number of nitrogens with one attached hydrogen (secondary N) is 2. The van der Waals surface area contributed by atoms with Gasteiger partial charge in [-0.1, -0.05) is 48.5 Å². The molecule has 4 aliphatic heterocycles. The molecule has 66 heavy (non-hydrogen) atoms. The van der Waals surface area contributed by atoms with Crippen LogP contribution in [0.1, 0.15) is 0 Å². The van der Waals surface area contributed by atoms with Gasteiger partial charge in [-0.05, 0) is 24.3 Å². The number of aromatic amines is 2. The molecule has 0 radical (unpaired) electrons. The zero-order valence-corrected chi connectivity index (χ0v) is 36.0. The molecule has 0 unspecified atom stereocenters. The predicted molar refractivity (Wildman–Crippen MR) is 243 cm³/mol. The standard InChI is InChI=1S/C48H46N8O10/c1-3-7-31-29(5-1)41-49-42-30-6-2-4-8-32(30)44(51-42)53-46-34-26-38-40(66-24-20-62-16-12-58-10-14-60-18-22-64-38)28-36(34)48(55-46)56-47-35-27-39-37(25-33(35)45(54-47)52-43(31)50-41)63-21-17-59-13-9-57-11-15-61-19-23-65-39/h1-8,25-28H,9-24H2,(H2,49,50,51,52,53,54,55,56). The van der Waals surface area contributed by atoms with Crippen LogP contribution in [0.2, 0.25) is 0 Å². The van der Waals surface area contributed by atoms with Crippen molar-refractivity contribution in [1.29, 1.82) is 0 Å². The molecule has 2 N–H and O–H groups in total. The fraction of sp³-hybridized carbons (Fsp3) is 0.333. The number of aromatic nitrogens is 8. The van der Waals surface area contributed by atoms with E-state index in [1.54, 1.807) is 0 Å². The Balaban J connectivity index is 1.15. The number of benzene rings is 4. The Morgan fingerprint density at radius 2 is 0.576 bits per heavy atom. The van der Waals surface area contributed by atoms with E-state index in [9.17, 15) is 0 Å². The van der Waals surface area contributed by atoms with Gasteiger partial charge >= 0.3 is 0 Å². The lowest BCUT2D eigenvalue weighted by molar-refractivity contribution is 0.00708. The minimum absolute atomic E-state index is 0.271. The first-order valence-electron chi connectivity index (χ1n) is 22.1. The molecule has 0 amide bonds. The largest absolute Gasteiger partial charge is 0.487 e. The highest BCUT2D eigenvalue weighted by Crippen LogP contribution is 2.43. The number of H-pyrrole nitrogens is 2. The van der Waals surface area contributed by atoms with Crippen molar-refractivity contribution in [2.24, 2.45) is 0 Å². The lowest BCUT2D eigenvalue weighted by Gasteiger charge is -2.14. The van der Waals surface area contributed by atoms with Gasteiger partial charge in [0.15, 0.2) is 46.3 Å². The number of rotatable bonds is 0. The second kappa shape index (κ2) is 19.4. The average molecular weight is 895 g/mol. The zero-order chi connectivity index (χ0) is 44.1. The van der Waals surface area contributed by atoms with E-state index in [0.717, 1.165) is 21.9 Å². The first-order chi connectivity index (χ1) is 32.7. The van der Waals surface area contributed by atoms with Gasteiger partial charge in [0.25, 0.3) is 0 Å². The van der Waals surface area contributed by atoms with Gasteiger partial charge in [0.05, 0.1) is 79.3 Å². The van der Waals surface area contributed by atoms with Gasteiger partial charge in [-0.2, -0.15) is 0 Å². The number of ether oxygens (including phenoxy) is 10. The van der Waals surface area contributed by atoms with Crippen molar-refractivity contribution in [3.05, 3.63) is 72.8 Å². The van der Waals surface area contributed by atoms with Crippen LogP contribution in [-0.2, 0) is 28.4 Å². The van der Waals surface area contributed by atoms with Gasteiger partial charge < -0.3 is 57.3 Å². The molecular weight excluding hydrogens is 849 g/mol. The molecule has 4 aromatic carbocycles. The molecule has 0 fully saturated rings. The van der Waals surface area contributed by atoms with Crippen molar-refractivity contribution in [2.75, 3.05) is 106 Å². The summed E-state index contributed by atoms with van der Waals surface area (Å²) in [4.78, 5) is 38.0. The van der Waals surface area contributed by atoms with E-state index in [2.05, 4.69) is 9.97 Å². The molecule has 3 aromatic heterocycles. The zero-order valence-electron chi connectivity index (χ0n) is 36.0. The van der Waals surface area contributed by atoms with Crippen molar-refractivity contribution >= 4 is 44.1 Å². The maximum Gasteiger partial charge on any atom is 0.164 e. The molecule has 0 aliphatic carbocycles. The minimum atomic E-state index is 0.271. The topological polar surface area (TPSA) is 201 Å². The molecule has 338 valence electrons. The Labute approximate surface area is 377 Å². The second-order valence-corrected chi connectivity index (χ2v) is 15.5. The first-order valence-corrected chi connectivity index (χ1v) is 22.1. The second-order valence-electron chi connectivity index (χ2n) is 15.5. The fourth-order valence-corrected chi connectivity index (χ4v) is 8.08. The van der Waals surface area contributed by atoms with Crippen molar-refractivity contribution in [3.8, 4) is 68.5 Å². The molecule has 18 nitrogen and oxygen atoms in total. The highest BCUT2D eigenvalue weighted by atomic mass is 16.6. The summed E-state index contributed by atoms with van der Waals surface area (Å²) >= 11 is 0. The van der Waals surface area contributed by atoms with Gasteiger partial charge in [-0.3, -0.25) is 0 Å². The van der Waals surface area contributed by atoms with Crippen LogP contribution < -0.4 is 18.9 Å². The maximum atomic E-state index is 6.35. The average Bonchev–Trinajstić information content (AvgIpc) is 4.06. The lowest BCUT2D eigenvalue weighted by atomic mass is 10.1. The van der Waals surface area contributed by atoms with E-state index in [1.165, 1.54) is 0 Å². The quantitative estimate of drug-likeness (QED) is 0.167. The summed E-state index contributed by atoms with van der Waals surface area (Å²) in [5.74, 6) is 3.76. The third-order valence-electron chi connectivity index (χ3n) is 11.2. The van der Waals surface area contributed by atoms with Crippen LogP contribution in [0.4, 0.5) is 0 Å². The van der Waals surface area contributed by atoms with E-state index in [1.807, 2.05) is 72.8 Å². The highest BCUT2D eigenvalue weighted by molar-refractivity contribution is 6.07. The monoisotopic (exact) mass is 894 g/mol. The molecule has 0 saturated carbocycles. The molecule has 18 heteroatoms. The molecule has 0 saturated heterocycles. The number of hydrogen-bond acceptors (Lipinski definition) is 16. The molecule has 11 rings (SSSR count). The Morgan fingerprint density at radius 3 is 0.939 bits per heavy atom. The van der Waals surface area contributed by atoms with E-state index in [0.29, 0.717) is 170 Å². The number of fused-ring (bicyclic) bond motifs is 22. The Morgan fingerprint density at radius 1 is 0.288 bits per heavy atom. The van der Waals surface area contributed by atoms with Crippen molar-refractivity contribution in [3.63, 3.8) is 0 Å². The molecular formula is C48H46N8O10. The molecule has 7 heterocycles. The summed E-state index contributed by atoms with van der Waals surface area (Å²) in [5.41, 5.74) is 5.15. The van der Waals surface area contributed by atoms with Gasteiger partial charge in [-0.25, -0.2) is 29.9 Å². The van der Waals surface area contributed by atoms with Crippen molar-refractivity contribution in [2.45, 2.75) is 0 Å². The van der Waals surface area contributed by atoms with Crippen LogP contribution in [0.5, 0.6) is 23.0 Å². The molecule has 7 aromatic rings. The van der Waals surface area contributed by atoms with Crippen LogP contribution in [0.25, 0.3) is 89.7 Å². The van der Waals surface area contributed by atoms with Crippen LogP contribution in [0, 0.1) is 0 Å². The van der Waals surface area contributed by atoms with E-state index in [4.69, 9.17) is 77.3 Å². The van der Waals surface area contributed by atoms with Crippen molar-refractivity contribution < 1.29 is 47.4 Å². The molecule has 4 aliphatic rings. The minimum Gasteiger partial charge on any atom is -0.487 e. The van der Waals surface area contributed by atoms with E-state index in [-0.39, 0.29) is 26.4 Å². The normalized spacial score (nSPS) is 16.8. The summed E-state index contributed by atoms with van der Waals surface area (Å²) in [6.07, 6.45) is 0. The van der Waals surface area contributed by atoms with Crippen LogP contribution >= 0.6 is 0 Å². The number of hydrogen-bond donors (Lipinski definition) is 2. The smallest absolute Gasteiger partial charge is 0.164 e. The predicted octanol–water partition coefficient (Wildman–Crippen LogP) is 6.51. The molecule has 0 atom stereocenters. The lowest BCUT2D eigenvalue weighted by Crippen LogP contribution is -2.13. The van der Waals surface area contributed by atoms with Crippen LogP contribution in [0.3, 0.4) is 0 Å². The summed E-state index contributed by atoms with van der Waals surface area (Å²) in [6, 6.07) is 23.5. The molecule has 0 spiro atoms. The summed E-state index contributed by atoms with van der Waals surface area (Å²) in [7, 11) is 0. The Hall–Kier alpha value is -6.80. The third-order valence-corrected chi connectivity index (χ3v) is 11.2. The summed E-state index contributed by atoms with van der Waals surface area (Å²) in [5, 5.41) is 3.14. The van der Waals surface area contributed by atoms with Gasteiger partial charge in [0, 0.05) is 43.8 Å². The Kier molecular flexibility index (Phi) is 12.3. The van der Waals surface area contributed by atoms with E-state index >= 15 is 0 Å². The van der Waals surface area contributed by atoms with Crippen LogP contribution in [0.15, 0.2) is 72.8 Å². The third kappa shape index (κ3) is 8.81. The fourth-order valence-electron chi connectivity index (χ4n) is 8.08. The highest BCUT2D eigenvalue weighted by Gasteiger charge is 2.26. The molecule has 8 bridgehead atoms. The summed E-state index contributed by atoms with van der Waals surface area (Å²) in [6.45, 7) is 6.10. The van der Waals surface area contributed by atoms with E-state index < -0.39 is 0 Å².